The number of nitrogens with zero attached hydrogens (tertiary/aromatic N) is 1. The minimum absolute atomic E-state index is 0.258. The van der Waals surface area contributed by atoms with Crippen LogP contribution in [0.2, 0.25) is 4.34 Å². The van der Waals surface area contributed by atoms with Crippen molar-refractivity contribution in [3.05, 3.63) is 50.7 Å². The highest BCUT2D eigenvalue weighted by Crippen LogP contribution is 2.24. The third kappa shape index (κ3) is 5.38. The number of anilines is 1. The maximum atomic E-state index is 12.8. The van der Waals surface area contributed by atoms with E-state index < -0.39 is 5.54 Å². The molecular formula is C22H28ClN3O2S. The number of benzene rings is 1. The number of carbonyl (C=O) groups excluding carboxylic acids is 2. The summed E-state index contributed by atoms with van der Waals surface area (Å²) in [5, 5.41) is 5.75. The van der Waals surface area contributed by atoms with Gasteiger partial charge in [0, 0.05) is 24.8 Å². The number of fused-ring (bicyclic) bond motifs is 1. The predicted molar refractivity (Wildman–Crippen MR) is 120 cm³/mol. The van der Waals surface area contributed by atoms with Crippen LogP contribution >= 0.6 is 22.9 Å². The fourth-order valence-electron chi connectivity index (χ4n) is 3.46. The molecule has 1 aromatic heterocycles. The molecule has 5 nitrogen and oxygen atoms in total. The van der Waals surface area contributed by atoms with E-state index in [1.165, 1.54) is 22.5 Å². The summed E-state index contributed by atoms with van der Waals surface area (Å²) in [5.41, 5.74) is 2.32. The third-order valence-corrected chi connectivity index (χ3v) is 6.55. The van der Waals surface area contributed by atoms with Gasteiger partial charge in [0.1, 0.15) is 5.54 Å². The van der Waals surface area contributed by atoms with Gasteiger partial charge in [-0.1, -0.05) is 17.7 Å². The summed E-state index contributed by atoms with van der Waals surface area (Å²) in [4.78, 5) is 28.2. The Morgan fingerprint density at radius 3 is 2.41 bits per heavy atom. The Morgan fingerprint density at radius 2 is 1.79 bits per heavy atom. The highest BCUT2D eigenvalue weighted by molar-refractivity contribution is 7.18. The molecule has 0 aliphatic carbocycles. The molecule has 7 heteroatoms. The summed E-state index contributed by atoms with van der Waals surface area (Å²) in [7, 11) is 0. The second kappa shape index (κ2) is 8.86. The lowest BCUT2D eigenvalue weighted by Crippen LogP contribution is -2.52. The molecule has 2 aromatic rings. The quantitative estimate of drug-likeness (QED) is 0.736. The summed E-state index contributed by atoms with van der Waals surface area (Å²) in [6.45, 7) is 9.91. The van der Waals surface area contributed by atoms with Crippen LogP contribution in [0.15, 0.2) is 30.3 Å². The first-order valence-corrected chi connectivity index (χ1v) is 11.1. The smallest absolute Gasteiger partial charge is 0.262 e. The zero-order valence-electron chi connectivity index (χ0n) is 17.3. The van der Waals surface area contributed by atoms with Crippen molar-refractivity contribution < 1.29 is 9.59 Å². The summed E-state index contributed by atoms with van der Waals surface area (Å²) in [6, 6.07) is 9.97. The fourth-order valence-corrected chi connectivity index (χ4v) is 4.40. The van der Waals surface area contributed by atoms with Crippen LogP contribution in [0.25, 0.3) is 0 Å². The lowest BCUT2D eigenvalue weighted by Gasteiger charge is -2.25. The van der Waals surface area contributed by atoms with Crippen LogP contribution in [-0.2, 0) is 17.6 Å². The van der Waals surface area contributed by atoms with Crippen LogP contribution in [0.5, 0.6) is 0 Å². The molecule has 0 bridgehead atoms. The number of hydrogen-bond acceptors (Lipinski definition) is 4. The van der Waals surface area contributed by atoms with Gasteiger partial charge in [0.05, 0.1) is 9.21 Å². The van der Waals surface area contributed by atoms with Gasteiger partial charge in [0.25, 0.3) is 5.91 Å². The molecule has 0 unspecified atom stereocenters. The molecule has 0 saturated heterocycles. The number of thiophene rings is 1. The van der Waals surface area contributed by atoms with Crippen LogP contribution in [0, 0.1) is 0 Å². The van der Waals surface area contributed by atoms with Crippen LogP contribution < -0.4 is 10.6 Å². The average molecular weight is 434 g/mol. The highest BCUT2D eigenvalue weighted by Gasteiger charge is 2.30. The normalized spacial score (nSPS) is 15.0. The lowest BCUT2D eigenvalue weighted by atomic mass is 10.0. The Kier molecular flexibility index (Phi) is 6.66. The molecule has 1 aromatic carbocycles. The molecule has 1 aliphatic heterocycles. The molecule has 2 N–H and O–H groups in total. The molecule has 0 fully saturated rings. The number of hydrogen-bond donors (Lipinski definition) is 2. The summed E-state index contributed by atoms with van der Waals surface area (Å²) in [5.74, 6) is -0.566. The van der Waals surface area contributed by atoms with E-state index in [-0.39, 0.29) is 11.8 Å². The monoisotopic (exact) mass is 433 g/mol. The molecule has 29 heavy (non-hydrogen) atoms. The Balaban J connectivity index is 1.66. The van der Waals surface area contributed by atoms with Gasteiger partial charge in [-0.15, -0.1) is 11.3 Å². The summed E-state index contributed by atoms with van der Waals surface area (Å²) in [6.07, 6.45) is 1.99. The van der Waals surface area contributed by atoms with Crippen LogP contribution in [-0.4, -0.2) is 41.4 Å². The Morgan fingerprint density at radius 1 is 1.10 bits per heavy atom. The van der Waals surface area contributed by atoms with Gasteiger partial charge in [0.2, 0.25) is 5.91 Å². The standard InChI is InChI=1S/C22H28ClN3O2S/c1-14(2)26-11-9-15-5-6-17(13-16(15)10-12-26)24-21(28)22(3,4)25-20(27)18-7-8-19(23)29-18/h5-8,13-14H,9-12H2,1-4H3,(H,24,28)(H,25,27). The second-order valence-corrected chi connectivity index (χ2v) is 9.97. The fraction of sp³-hybridized carbons (Fsp3) is 0.455. The lowest BCUT2D eigenvalue weighted by molar-refractivity contribution is -0.120. The van der Waals surface area contributed by atoms with Crippen molar-refractivity contribution >= 4 is 40.4 Å². The van der Waals surface area contributed by atoms with E-state index >= 15 is 0 Å². The van der Waals surface area contributed by atoms with Crippen LogP contribution in [0.4, 0.5) is 5.69 Å². The first-order valence-electron chi connectivity index (χ1n) is 9.91. The number of amides is 2. The molecule has 0 atom stereocenters. The number of nitrogens with one attached hydrogen (secondary N) is 2. The molecule has 0 spiro atoms. The topological polar surface area (TPSA) is 61.4 Å². The van der Waals surface area contributed by atoms with E-state index in [9.17, 15) is 9.59 Å². The molecule has 0 radical (unpaired) electrons. The minimum Gasteiger partial charge on any atom is -0.337 e. The van der Waals surface area contributed by atoms with Crippen molar-refractivity contribution in [3.8, 4) is 0 Å². The van der Waals surface area contributed by atoms with Crippen molar-refractivity contribution in [1.82, 2.24) is 10.2 Å². The average Bonchev–Trinajstić information content (AvgIpc) is 2.97. The number of rotatable bonds is 5. The first-order chi connectivity index (χ1) is 13.7. The summed E-state index contributed by atoms with van der Waals surface area (Å²) >= 11 is 7.09. The van der Waals surface area contributed by atoms with Gasteiger partial charge in [-0.05, 0) is 75.9 Å². The van der Waals surface area contributed by atoms with Crippen LogP contribution in [0.1, 0.15) is 48.5 Å². The van der Waals surface area contributed by atoms with Crippen molar-refractivity contribution in [2.75, 3.05) is 18.4 Å². The van der Waals surface area contributed by atoms with E-state index in [0.29, 0.717) is 15.3 Å². The van der Waals surface area contributed by atoms with E-state index in [2.05, 4.69) is 41.5 Å². The first kappa shape index (κ1) is 21.8. The molecular weight excluding hydrogens is 406 g/mol. The second-order valence-electron chi connectivity index (χ2n) is 8.25. The van der Waals surface area contributed by atoms with Crippen molar-refractivity contribution in [1.29, 1.82) is 0 Å². The maximum absolute atomic E-state index is 12.8. The Labute approximate surface area is 181 Å². The van der Waals surface area contributed by atoms with Crippen LogP contribution in [0.3, 0.4) is 0 Å². The molecule has 2 heterocycles. The molecule has 156 valence electrons. The zero-order chi connectivity index (χ0) is 21.2. The van der Waals surface area contributed by atoms with Gasteiger partial charge < -0.3 is 15.5 Å². The molecule has 1 aliphatic rings. The largest absolute Gasteiger partial charge is 0.337 e. The maximum Gasteiger partial charge on any atom is 0.262 e. The summed E-state index contributed by atoms with van der Waals surface area (Å²) < 4.78 is 0.540. The van der Waals surface area contributed by atoms with Gasteiger partial charge in [0.15, 0.2) is 0 Å². The van der Waals surface area contributed by atoms with E-state index in [4.69, 9.17) is 11.6 Å². The van der Waals surface area contributed by atoms with Gasteiger partial charge in [-0.25, -0.2) is 0 Å². The van der Waals surface area contributed by atoms with Crippen molar-refractivity contribution in [2.24, 2.45) is 0 Å². The van der Waals surface area contributed by atoms with E-state index in [1.54, 1.807) is 26.0 Å². The van der Waals surface area contributed by atoms with E-state index in [1.807, 2.05) is 6.07 Å². The molecule has 0 saturated carbocycles. The van der Waals surface area contributed by atoms with Gasteiger partial charge in [-0.3, -0.25) is 9.59 Å². The minimum atomic E-state index is -1.06. The van der Waals surface area contributed by atoms with Crippen molar-refractivity contribution in [2.45, 2.75) is 52.1 Å². The zero-order valence-corrected chi connectivity index (χ0v) is 18.9. The highest BCUT2D eigenvalue weighted by atomic mass is 35.5. The third-order valence-electron chi connectivity index (χ3n) is 5.32. The van der Waals surface area contributed by atoms with E-state index in [0.717, 1.165) is 31.6 Å². The predicted octanol–water partition coefficient (Wildman–Crippen LogP) is 4.36. The SMILES string of the molecule is CC(C)N1CCc2ccc(NC(=O)C(C)(C)NC(=O)c3ccc(Cl)s3)cc2CC1. The molecule has 3 rings (SSSR count). The van der Waals surface area contributed by atoms with Gasteiger partial charge >= 0.3 is 0 Å². The Hall–Kier alpha value is -1.89. The number of carbonyl (C=O) groups is 2. The number of halogens is 1. The Bertz CT molecular complexity index is 907. The van der Waals surface area contributed by atoms with Gasteiger partial charge in [-0.2, -0.15) is 0 Å². The molecule has 2 amide bonds. The van der Waals surface area contributed by atoms with Crippen molar-refractivity contribution in [3.63, 3.8) is 0 Å².